The van der Waals surface area contributed by atoms with Crippen LogP contribution in [0.1, 0.15) is 22.8 Å². The van der Waals surface area contributed by atoms with E-state index in [9.17, 15) is 9.59 Å². The van der Waals surface area contributed by atoms with Crippen molar-refractivity contribution in [2.45, 2.75) is 18.2 Å². The molecule has 0 aliphatic carbocycles. The van der Waals surface area contributed by atoms with Crippen LogP contribution in [0.2, 0.25) is 0 Å². The molecule has 0 aromatic heterocycles. The molecular formula is C11H11ClO4S. The largest absolute Gasteiger partial charge is 0.481 e. The number of rotatable bonds is 5. The Morgan fingerprint density at radius 3 is 2.71 bits per heavy atom. The Kier molecular flexibility index (Phi) is 5.31. The second kappa shape index (κ2) is 6.51. The van der Waals surface area contributed by atoms with E-state index in [0.29, 0.717) is 12.0 Å². The minimum Gasteiger partial charge on any atom is -0.481 e. The molecule has 1 aromatic carbocycles. The van der Waals surface area contributed by atoms with Crippen molar-refractivity contribution in [1.29, 1.82) is 0 Å². The summed E-state index contributed by atoms with van der Waals surface area (Å²) in [6.45, 7) is 1.89. The van der Waals surface area contributed by atoms with Gasteiger partial charge in [0.15, 0.2) is 0 Å². The lowest BCUT2D eigenvalue weighted by Gasteiger charge is -2.07. The highest BCUT2D eigenvalue weighted by molar-refractivity contribution is 8.00. The van der Waals surface area contributed by atoms with Gasteiger partial charge >= 0.3 is 11.9 Å². The number of hydrogen-bond donors (Lipinski definition) is 1. The Bertz CT molecular complexity index is 433. The van der Waals surface area contributed by atoms with Gasteiger partial charge in [0.1, 0.15) is 11.9 Å². The molecule has 1 rings (SSSR count). The van der Waals surface area contributed by atoms with E-state index < -0.39 is 11.9 Å². The van der Waals surface area contributed by atoms with Crippen molar-refractivity contribution in [1.82, 2.24) is 0 Å². The minimum absolute atomic E-state index is 0.0115. The molecule has 0 saturated heterocycles. The fraction of sp³-hybridized carbons (Fsp3) is 0.273. The number of benzene rings is 1. The topological polar surface area (TPSA) is 63.6 Å². The summed E-state index contributed by atoms with van der Waals surface area (Å²) in [5.74, 6) is -1.49. The van der Waals surface area contributed by atoms with Gasteiger partial charge in [0, 0.05) is 4.90 Å². The average Bonchev–Trinajstić information content (AvgIpc) is 2.34. The molecule has 0 aliphatic rings. The first-order valence-corrected chi connectivity index (χ1v) is 6.18. The summed E-state index contributed by atoms with van der Waals surface area (Å²) in [6, 6.07) is 5.04. The van der Waals surface area contributed by atoms with E-state index in [0.717, 1.165) is 10.5 Å². The van der Waals surface area contributed by atoms with Gasteiger partial charge in [0.25, 0.3) is 0 Å². The van der Waals surface area contributed by atoms with Crippen LogP contribution in [0.3, 0.4) is 0 Å². The highest BCUT2D eigenvalue weighted by atomic mass is 35.5. The van der Waals surface area contributed by atoms with Crippen molar-refractivity contribution >= 4 is 35.6 Å². The summed E-state index contributed by atoms with van der Waals surface area (Å²) >= 11 is 6.23. The quantitative estimate of drug-likeness (QED) is 0.837. The molecule has 0 fully saturated rings. The molecule has 0 heterocycles. The minimum atomic E-state index is -0.878. The molecule has 4 nitrogen and oxygen atoms in total. The van der Waals surface area contributed by atoms with Crippen LogP contribution in [0.4, 0.5) is 0 Å². The van der Waals surface area contributed by atoms with Crippen molar-refractivity contribution in [2.75, 3.05) is 5.75 Å². The third-order valence-electron chi connectivity index (χ3n) is 2.11. The van der Waals surface area contributed by atoms with Crippen molar-refractivity contribution in [2.24, 2.45) is 0 Å². The number of thioether (sulfide) groups is 1. The third-order valence-corrected chi connectivity index (χ3v) is 3.23. The van der Waals surface area contributed by atoms with E-state index >= 15 is 0 Å². The maximum Gasteiger partial charge on any atom is 0.356 e. The SMILES string of the molecule is CCc1cc(SCC(=O)O)ccc1C(=O)OCl. The average molecular weight is 275 g/mol. The van der Waals surface area contributed by atoms with Crippen molar-refractivity contribution in [3.63, 3.8) is 0 Å². The predicted octanol–water partition coefficient (Wildman–Crippen LogP) is 2.74. The van der Waals surface area contributed by atoms with Gasteiger partial charge in [-0.3, -0.25) is 4.79 Å². The van der Waals surface area contributed by atoms with Crippen molar-refractivity contribution in [3.8, 4) is 0 Å². The van der Waals surface area contributed by atoms with E-state index in [1.165, 1.54) is 11.8 Å². The van der Waals surface area contributed by atoms with Crippen LogP contribution in [-0.2, 0) is 15.5 Å². The first-order valence-electron chi connectivity index (χ1n) is 4.89. The molecule has 0 bridgehead atoms. The number of carboxylic acids is 1. The summed E-state index contributed by atoms with van der Waals surface area (Å²) in [6.07, 6.45) is 0.642. The van der Waals surface area contributed by atoms with Crippen LogP contribution < -0.4 is 0 Å². The molecule has 0 saturated carbocycles. The maximum atomic E-state index is 11.3. The Balaban J connectivity index is 2.92. The fourth-order valence-corrected chi connectivity index (χ4v) is 2.10. The molecule has 0 radical (unpaired) electrons. The van der Waals surface area contributed by atoms with Crippen LogP contribution in [0.15, 0.2) is 23.1 Å². The smallest absolute Gasteiger partial charge is 0.356 e. The normalized spacial score (nSPS) is 10.0. The van der Waals surface area contributed by atoms with Gasteiger partial charge in [-0.05, 0) is 30.2 Å². The Morgan fingerprint density at radius 2 is 2.18 bits per heavy atom. The first kappa shape index (κ1) is 13.9. The molecule has 17 heavy (non-hydrogen) atoms. The van der Waals surface area contributed by atoms with Gasteiger partial charge in [-0.1, -0.05) is 6.92 Å². The maximum absolute atomic E-state index is 11.3. The zero-order chi connectivity index (χ0) is 12.8. The standard InChI is InChI=1S/C11H11ClO4S/c1-2-7-5-8(17-6-10(13)14)3-4-9(7)11(15)16-12/h3-5H,2,6H2,1H3,(H,13,14). The van der Waals surface area contributed by atoms with Crippen LogP contribution >= 0.6 is 23.6 Å². The van der Waals surface area contributed by atoms with Crippen LogP contribution in [-0.4, -0.2) is 22.8 Å². The van der Waals surface area contributed by atoms with Gasteiger partial charge in [-0.15, -0.1) is 11.8 Å². The van der Waals surface area contributed by atoms with E-state index in [1.54, 1.807) is 18.2 Å². The van der Waals surface area contributed by atoms with E-state index in [2.05, 4.69) is 4.29 Å². The fourth-order valence-electron chi connectivity index (χ4n) is 1.34. The summed E-state index contributed by atoms with van der Waals surface area (Å²) in [5, 5.41) is 8.57. The highest BCUT2D eigenvalue weighted by Gasteiger charge is 2.12. The number of aliphatic carboxylic acids is 1. The predicted molar refractivity (Wildman–Crippen MR) is 65.4 cm³/mol. The van der Waals surface area contributed by atoms with Gasteiger partial charge < -0.3 is 9.40 Å². The van der Waals surface area contributed by atoms with E-state index in [4.69, 9.17) is 17.0 Å². The van der Waals surface area contributed by atoms with Gasteiger partial charge in [-0.25, -0.2) is 4.79 Å². The molecule has 6 heteroatoms. The first-order chi connectivity index (χ1) is 8.08. The second-order valence-electron chi connectivity index (χ2n) is 3.22. The number of hydrogen-bond acceptors (Lipinski definition) is 4. The zero-order valence-electron chi connectivity index (χ0n) is 9.10. The molecular weight excluding hydrogens is 264 g/mol. The zero-order valence-corrected chi connectivity index (χ0v) is 10.7. The lowest BCUT2D eigenvalue weighted by Crippen LogP contribution is -2.03. The lowest BCUT2D eigenvalue weighted by atomic mass is 10.1. The number of halogens is 1. The molecule has 0 spiro atoms. The third kappa shape index (κ3) is 3.94. The Hall–Kier alpha value is -1.20. The number of carbonyl (C=O) groups is 2. The summed E-state index contributed by atoms with van der Waals surface area (Å²) in [7, 11) is 0. The van der Waals surface area contributed by atoms with Gasteiger partial charge in [-0.2, -0.15) is 0 Å². The molecule has 1 N–H and O–H groups in total. The molecule has 0 unspecified atom stereocenters. The monoisotopic (exact) mass is 274 g/mol. The Morgan fingerprint density at radius 1 is 1.47 bits per heavy atom. The van der Waals surface area contributed by atoms with Gasteiger partial charge in [0.05, 0.1) is 11.3 Å². The summed E-state index contributed by atoms with van der Waals surface area (Å²) < 4.78 is 4.15. The lowest BCUT2D eigenvalue weighted by molar-refractivity contribution is -0.133. The summed E-state index contributed by atoms with van der Waals surface area (Å²) in [4.78, 5) is 22.6. The van der Waals surface area contributed by atoms with Crippen LogP contribution in [0, 0.1) is 0 Å². The molecule has 1 aromatic rings. The number of carbonyl (C=O) groups excluding carboxylic acids is 1. The Labute approximate surface area is 108 Å². The van der Waals surface area contributed by atoms with E-state index in [1.807, 2.05) is 6.92 Å². The van der Waals surface area contributed by atoms with Gasteiger partial charge in [0.2, 0.25) is 0 Å². The molecule has 0 amide bonds. The number of carboxylic acid groups (broad SMARTS) is 1. The van der Waals surface area contributed by atoms with Crippen LogP contribution in [0.5, 0.6) is 0 Å². The van der Waals surface area contributed by atoms with Crippen molar-refractivity contribution in [3.05, 3.63) is 29.3 Å². The number of aryl methyl sites for hydroxylation is 1. The molecule has 0 aliphatic heterocycles. The summed E-state index contributed by atoms with van der Waals surface area (Å²) in [5.41, 5.74) is 1.19. The molecule has 92 valence electrons. The highest BCUT2D eigenvalue weighted by Crippen LogP contribution is 2.22. The van der Waals surface area contributed by atoms with Crippen LogP contribution in [0.25, 0.3) is 0 Å². The molecule has 0 atom stereocenters. The van der Waals surface area contributed by atoms with E-state index in [-0.39, 0.29) is 5.75 Å². The van der Waals surface area contributed by atoms with Crippen molar-refractivity contribution < 1.29 is 19.0 Å². The second-order valence-corrected chi connectivity index (χ2v) is 4.42.